The molecule has 2 atom stereocenters. The van der Waals surface area contributed by atoms with E-state index < -0.39 is 5.54 Å². The molecule has 2 heterocycles. The summed E-state index contributed by atoms with van der Waals surface area (Å²) in [6.07, 6.45) is 0.813. The molecule has 1 aliphatic heterocycles. The number of thioether (sulfide) groups is 1. The maximum Gasteiger partial charge on any atom is 0.240 e. The zero-order valence-electron chi connectivity index (χ0n) is 21.4. The van der Waals surface area contributed by atoms with E-state index in [0.29, 0.717) is 10.8 Å². The van der Waals surface area contributed by atoms with E-state index in [4.69, 9.17) is 16.7 Å². The standard InChI is InChI=1S/C28H33ClN4O2S/c1-6-18(2)30-22(34)16-32-23(35)17-36-26(20-14-10-11-15-21(20)29)24-25(19-12-8-7-9-13-19)31-33(27(24)32)28(3,4)5/h7-15,18,26H,6,16-17H2,1-5H3,(H,30,34). The molecule has 2 amide bonds. The smallest absolute Gasteiger partial charge is 0.240 e. The molecule has 0 saturated heterocycles. The number of carbonyl (C=O) groups excluding carboxylic acids is 2. The maximum absolute atomic E-state index is 13.6. The van der Waals surface area contributed by atoms with Crippen molar-refractivity contribution in [3.63, 3.8) is 0 Å². The zero-order chi connectivity index (χ0) is 26.0. The number of halogens is 1. The molecule has 2 unspecified atom stereocenters. The third-order valence-corrected chi connectivity index (χ3v) is 7.86. The monoisotopic (exact) mass is 524 g/mol. The Morgan fingerprint density at radius 1 is 1.17 bits per heavy atom. The molecule has 0 aliphatic carbocycles. The first-order valence-electron chi connectivity index (χ1n) is 12.3. The quantitative estimate of drug-likeness (QED) is 0.426. The van der Waals surface area contributed by atoms with Crippen molar-refractivity contribution >= 4 is 41.0 Å². The van der Waals surface area contributed by atoms with Gasteiger partial charge in [0.2, 0.25) is 11.8 Å². The summed E-state index contributed by atoms with van der Waals surface area (Å²) in [7, 11) is 0. The average molecular weight is 525 g/mol. The maximum atomic E-state index is 13.6. The van der Waals surface area contributed by atoms with Gasteiger partial charge in [-0.2, -0.15) is 5.10 Å². The predicted molar refractivity (Wildman–Crippen MR) is 149 cm³/mol. The van der Waals surface area contributed by atoms with E-state index in [1.807, 2.05) is 73.1 Å². The fraction of sp³-hybridized carbons (Fsp3) is 0.393. The van der Waals surface area contributed by atoms with Crippen LogP contribution in [0.15, 0.2) is 54.6 Å². The molecule has 1 aromatic heterocycles. The van der Waals surface area contributed by atoms with Crippen LogP contribution in [0.1, 0.15) is 57.4 Å². The van der Waals surface area contributed by atoms with E-state index in [0.717, 1.165) is 28.8 Å². The number of amides is 2. The molecule has 36 heavy (non-hydrogen) atoms. The Kier molecular flexibility index (Phi) is 7.81. The molecular formula is C28H33ClN4O2S. The molecule has 6 nitrogen and oxygen atoms in total. The zero-order valence-corrected chi connectivity index (χ0v) is 23.0. The van der Waals surface area contributed by atoms with E-state index in [2.05, 4.69) is 26.1 Å². The van der Waals surface area contributed by atoms with Crippen molar-refractivity contribution in [2.75, 3.05) is 17.2 Å². The Hall–Kier alpha value is -2.77. The second-order valence-electron chi connectivity index (χ2n) is 10.1. The van der Waals surface area contributed by atoms with Crippen molar-refractivity contribution in [3.05, 3.63) is 70.7 Å². The number of benzene rings is 2. The highest BCUT2D eigenvalue weighted by atomic mass is 35.5. The molecule has 0 fully saturated rings. The van der Waals surface area contributed by atoms with Crippen molar-refractivity contribution in [2.24, 2.45) is 0 Å². The predicted octanol–water partition coefficient (Wildman–Crippen LogP) is 6.04. The molecule has 0 bridgehead atoms. The number of anilines is 1. The van der Waals surface area contributed by atoms with Gasteiger partial charge in [0.1, 0.15) is 12.4 Å². The van der Waals surface area contributed by atoms with Crippen LogP contribution in [-0.4, -0.2) is 39.9 Å². The summed E-state index contributed by atoms with van der Waals surface area (Å²) in [5, 5.41) is 8.50. The van der Waals surface area contributed by atoms with Gasteiger partial charge in [0, 0.05) is 22.2 Å². The molecule has 4 rings (SSSR count). The molecule has 0 radical (unpaired) electrons. The second kappa shape index (κ2) is 10.7. The lowest BCUT2D eigenvalue weighted by atomic mass is 9.99. The van der Waals surface area contributed by atoms with Crippen molar-refractivity contribution in [1.29, 1.82) is 0 Å². The van der Waals surface area contributed by atoms with Crippen LogP contribution in [0.4, 0.5) is 5.82 Å². The molecule has 0 saturated carbocycles. The lowest BCUT2D eigenvalue weighted by Gasteiger charge is -2.29. The van der Waals surface area contributed by atoms with Gasteiger partial charge >= 0.3 is 0 Å². The summed E-state index contributed by atoms with van der Waals surface area (Å²) in [5.41, 5.74) is 3.13. The molecule has 2 aromatic carbocycles. The van der Waals surface area contributed by atoms with Crippen LogP contribution in [-0.2, 0) is 15.1 Å². The largest absolute Gasteiger partial charge is 0.352 e. The Morgan fingerprint density at radius 2 is 1.83 bits per heavy atom. The van der Waals surface area contributed by atoms with Gasteiger partial charge in [-0.15, -0.1) is 11.8 Å². The Labute approximate surface area is 222 Å². The number of carbonyl (C=O) groups is 2. The summed E-state index contributed by atoms with van der Waals surface area (Å²) in [6.45, 7) is 10.1. The Morgan fingerprint density at radius 3 is 2.47 bits per heavy atom. The third-order valence-electron chi connectivity index (χ3n) is 6.28. The van der Waals surface area contributed by atoms with Crippen molar-refractivity contribution in [2.45, 2.75) is 57.9 Å². The molecule has 0 spiro atoms. The van der Waals surface area contributed by atoms with E-state index in [1.54, 1.807) is 4.90 Å². The highest BCUT2D eigenvalue weighted by Crippen LogP contribution is 2.50. The first-order valence-corrected chi connectivity index (χ1v) is 13.7. The van der Waals surface area contributed by atoms with Gasteiger partial charge in [-0.05, 0) is 45.7 Å². The van der Waals surface area contributed by atoms with Crippen LogP contribution in [0.2, 0.25) is 5.02 Å². The summed E-state index contributed by atoms with van der Waals surface area (Å²) in [4.78, 5) is 28.2. The Balaban J connectivity index is 1.98. The first kappa shape index (κ1) is 26.3. The summed E-state index contributed by atoms with van der Waals surface area (Å²) in [6, 6.07) is 17.7. The number of nitrogens with zero attached hydrogens (tertiary/aromatic N) is 3. The van der Waals surface area contributed by atoms with Crippen LogP contribution in [0.5, 0.6) is 0 Å². The Bertz CT molecular complexity index is 1250. The number of rotatable bonds is 6. The first-order chi connectivity index (χ1) is 17.1. The molecule has 3 aromatic rings. The van der Waals surface area contributed by atoms with Crippen molar-refractivity contribution in [1.82, 2.24) is 15.1 Å². The molecular weight excluding hydrogens is 492 g/mol. The van der Waals surface area contributed by atoms with Crippen LogP contribution in [0, 0.1) is 0 Å². The number of nitrogens with one attached hydrogen (secondary N) is 1. The summed E-state index contributed by atoms with van der Waals surface area (Å²) < 4.78 is 1.90. The average Bonchev–Trinajstić information content (AvgIpc) is 3.19. The minimum Gasteiger partial charge on any atom is -0.352 e. The highest BCUT2D eigenvalue weighted by molar-refractivity contribution is 8.00. The number of aromatic nitrogens is 2. The van der Waals surface area contributed by atoms with Crippen molar-refractivity contribution < 1.29 is 9.59 Å². The third kappa shape index (κ3) is 5.32. The minimum atomic E-state index is -0.442. The fourth-order valence-electron chi connectivity index (χ4n) is 4.30. The van der Waals surface area contributed by atoms with Crippen LogP contribution in [0.3, 0.4) is 0 Å². The lowest BCUT2D eigenvalue weighted by molar-refractivity contribution is -0.123. The van der Waals surface area contributed by atoms with E-state index >= 15 is 0 Å². The summed E-state index contributed by atoms with van der Waals surface area (Å²) in [5.74, 6) is 0.563. The topological polar surface area (TPSA) is 67.2 Å². The van der Waals surface area contributed by atoms with Crippen LogP contribution >= 0.6 is 23.4 Å². The number of hydrogen-bond donors (Lipinski definition) is 1. The minimum absolute atomic E-state index is 0.0247. The van der Waals surface area contributed by atoms with Crippen LogP contribution < -0.4 is 10.2 Å². The van der Waals surface area contributed by atoms with Gasteiger partial charge in [0.25, 0.3) is 0 Å². The fourth-order valence-corrected chi connectivity index (χ4v) is 5.84. The lowest BCUT2D eigenvalue weighted by Crippen LogP contribution is -2.45. The summed E-state index contributed by atoms with van der Waals surface area (Å²) >= 11 is 8.22. The van der Waals surface area contributed by atoms with Gasteiger partial charge in [-0.1, -0.05) is 67.1 Å². The van der Waals surface area contributed by atoms with Crippen molar-refractivity contribution in [3.8, 4) is 11.3 Å². The van der Waals surface area contributed by atoms with Crippen LogP contribution in [0.25, 0.3) is 11.3 Å². The van der Waals surface area contributed by atoms with Gasteiger partial charge in [0.05, 0.1) is 22.2 Å². The number of hydrogen-bond acceptors (Lipinski definition) is 4. The van der Waals surface area contributed by atoms with Gasteiger partial charge in [-0.3, -0.25) is 14.5 Å². The molecule has 8 heteroatoms. The number of fused-ring (bicyclic) bond motifs is 1. The van der Waals surface area contributed by atoms with Gasteiger partial charge in [-0.25, -0.2) is 4.68 Å². The van der Waals surface area contributed by atoms with E-state index in [1.165, 1.54) is 11.8 Å². The van der Waals surface area contributed by atoms with Gasteiger partial charge in [0.15, 0.2) is 0 Å². The van der Waals surface area contributed by atoms with Gasteiger partial charge < -0.3 is 5.32 Å². The normalized spacial score (nSPS) is 16.9. The molecule has 1 aliphatic rings. The highest BCUT2D eigenvalue weighted by Gasteiger charge is 2.39. The SMILES string of the molecule is CCC(C)NC(=O)CN1C(=O)CSC(c2ccccc2Cl)c2c(-c3ccccc3)nn(C(C)(C)C)c21. The molecule has 1 N–H and O–H groups in total. The van der Waals surface area contributed by atoms with E-state index in [9.17, 15) is 9.59 Å². The second-order valence-corrected chi connectivity index (χ2v) is 11.6. The molecule has 190 valence electrons. The van der Waals surface area contributed by atoms with E-state index in [-0.39, 0.29) is 35.4 Å².